The molecule has 1 atom stereocenters. The summed E-state index contributed by atoms with van der Waals surface area (Å²) in [7, 11) is -1.83. The van der Waals surface area contributed by atoms with Gasteiger partial charge in [-0.25, -0.2) is 0 Å². The second-order valence-corrected chi connectivity index (χ2v) is 13.7. The molecule has 0 amide bonds. The number of hydrogen-bond donors (Lipinski definition) is 0. The Morgan fingerprint density at radius 2 is 1.75 bits per heavy atom. The van der Waals surface area contributed by atoms with Gasteiger partial charge in [-0.1, -0.05) is 0 Å². The minimum absolute atomic E-state index is 0. The van der Waals surface area contributed by atoms with Crippen LogP contribution in [0.5, 0.6) is 0 Å². The van der Waals surface area contributed by atoms with Crippen LogP contribution in [0.15, 0.2) is 44.5 Å². The molecule has 2 aliphatic rings. The zero-order valence-corrected chi connectivity index (χ0v) is 20.0. The van der Waals surface area contributed by atoms with E-state index < -0.39 is 8.07 Å². The van der Waals surface area contributed by atoms with E-state index in [4.69, 9.17) is 4.74 Å². The minimum Gasteiger partial charge on any atom is -1.00 e. The van der Waals surface area contributed by atoms with Crippen LogP contribution in [0, 0.1) is 0 Å². The van der Waals surface area contributed by atoms with Gasteiger partial charge >= 0.3 is 149 Å². The molecule has 0 aromatic rings. The molecule has 1 nitrogen and oxygen atoms in total. The van der Waals surface area contributed by atoms with Crippen LogP contribution in [0.25, 0.3) is 0 Å². The second kappa shape index (κ2) is 8.41. The molecule has 5 heteroatoms. The predicted molar refractivity (Wildman–Crippen MR) is 94.0 cm³/mol. The predicted octanol–water partition coefficient (Wildman–Crippen LogP) is -0.608. The van der Waals surface area contributed by atoms with Crippen molar-refractivity contribution in [3.63, 3.8) is 0 Å². The van der Waals surface area contributed by atoms with E-state index in [9.17, 15) is 0 Å². The van der Waals surface area contributed by atoms with Gasteiger partial charge in [0.1, 0.15) is 0 Å². The van der Waals surface area contributed by atoms with E-state index in [1.807, 2.05) is 0 Å². The molecule has 2 aliphatic carbocycles. The molecule has 0 spiro atoms. The van der Waals surface area contributed by atoms with Crippen LogP contribution in [0.3, 0.4) is 0 Å². The molecule has 0 aliphatic heterocycles. The van der Waals surface area contributed by atoms with Gasteiger partial charge in [0.2, 0.25) is 0 Å². The monoisotopic (exact) mass is 419 g/mol. The maximum atomic E-state index is 6.83. The Bertz CT molecular complexity index is 597. The average Bonchev–Trinajstić information content (AvgIpc) is 2.78. The zero-order chi connectivity index (χ0) is 16.8. The van der Waals surface area contributed by atoms with Gasteiger partial charge in [-0.05, 0) is 0 Å². The summed E-state index contributed by atoms with van der Waals surface area (Å²) in [4.78, 5) is 0. The Morgan fingerprint density at radius 3 is 2.17 bits per heavy atom. The van der Waals surface area contributed by atoms with E-state index in [-0.39, 0.29) is 35.6 Å². The fourth-order valence-electron chi connectivity index (χ4n) is 3.81. The number of hydrogen-bond acceptors (Lipinski definition) is 1. The Balaban J connectivity index is 0.00000264. The Hall–Kier alpha value is 0.431. The van der Waals surface area contributed by atoms with Crippen molar-refractivity contribution in [2.45, 2.75) is 71.4 Å². The molecule has 0 N–H and O–H groups in total. The van der Waals surface area contributed by atoms with Crippen molar-refractivity contribution in [2.75, 3.05) is 0 Å². The molecule has 1 unspecified atom stereocenters. The normalized spacial score (nSPS) is 24.2. The summed E-state index contributed by atoms with van der Waals surface area (Å²) in [5, 5.41) is 1.44. The first kappa shape index (κ1) is 24.4. The standard InChI is InChI=1S/C19H29OSi.2ClH.Ti/c1-15-12-13-19(16(2)14-15,20-18(3,4)5)21(6,7)17-10-8-9-11-17;;;/h8,10,12,14H,9,13H2,1-7H3;2*1H;/q;;;+2/p-2. The Kier molecular flexibility index (Phi) is 8.57. The molecule has 0 heterocycles. The molecule has 0 saturated heterocycles. The molecule has 0 bridgehead atoms. The van der Waals surface area contributed by atoms with Crippen LogP contribution in [-0.4, -0.2) is 18.9 Å². The van der Waals surface area contributed by atoms with Crippen molar-refractivity contribution in [1.29, 1.82) is 0 Å². The van der Waals surface area contributed by atoms with E-state index in [0.29, 0.717) is 0 Å². The van der Waals surface area contributed by atoms with Crippen LogP contribution in [0.4, 0.5) is 0 Å². The molecule has 133 valence electrons. The van der Waals surface area contributed by atoms with Gasteiger partial charge in [0.25, 0.3) is 0 Å². The van der Waals surface area contributed by atoms with Gasteiger partial charge in [0.15, 0.2) is 0 Å². The average molecular weight is 420 g/mol. The van der Waals surface area contributed by atoms with Crippen molar-refractivity contribution >= 4 is 8.07 Å². The molecule has 0 aromatic heterocycles. The largest absolute Gasteiger partial charge is 1.00 e. The third-order valence-corrected chi connectivity index (χ3v) is 10.6. The van der Waals surface area contributed by atoms with E-state index in [1.165, 1.54) is 15.0 Å². The third-order valence-electron chi connectivity index (χ3n) is 4.89. The molecule has 0 fully saturated rings. The topological polar surface area (TPSA) is 9.23 Å². The maximum absolute atomic E-state index is 6.83. The molecule has 2 rings (SSSR count). The van der Waals surface area contributed by atoms with Crippen molar-refractivity contribution in [1.82, 2.24) is 0 Å². The number of halogens is 2. The summed E-state index contributed by atoms with van der Waals surface area (Å²) in [6.07, 6.45) is 11.5. The summed E-state index contributed by atoms with van der Waals surface area (Å²) < 4.78 is 8.37. The molecule has 0 saturated carbocycles. The van der Waals surface area contributed by atoms with Crippen molar-refractivity contribution < 1.29 is 50.0 Å². The van der Waals surface area contributed by atoms with E-state index in [0.717, 1.165) is 12.8 Å². The third kappa shape index (κ3) is 4.58. The molecular formula is C19H29Cl2OSiTi. The SMILES string of the molecule is CC1=CCC(OC(C)(C)C)([Si](C)(C)C2=[C]([Ti+2])CC=C2)C(C)=C1.[Cl-].[Cl-]. The maximum Gasteiger partial charge on any atom is -1.00 e. The molecule has 0 radical (unpaired) electrons. The quantitative estimate of drug-likeness (QED) is 0.554. The van der Waals surface area contributed by atoms with Crippen LogP contribution in [0.2, 0.25) is 13.1 Å². The fraction of sp³-hybridized carbons (Fsp3) is 0.579. The summed E-state index contributed by atoms with van der Waals surface area (Å²) in [5.74, 6) is 0. The van der Waals surface area contributed by atoms with Gasteiger partial charge < -0.3 is 24.8 Å². The fourth-order valence-corrected chi connectivity index (χ4v) is 9.65. The first-order chi connectivity index (χ1) is 9.99. The summed E-state index contributed by atoms with van der Waals surface area (Å²) >= 11 is 2.29. The first-order valence-corrected chi connectivity index (χ1v) is 12.0. The summed E-state index contributed by atoms with van der Waals surface area (Å²) in [6.45, 7) is 16.0. The molecule has 24 heavy (non-hydrogen) atoms. The van der Waals surface area contributed by atoms with Crippen LogP contribution in [-0.2, 0) is 25.2 Å². The Labute approximate surface area is 173 Å². The summed E-state index contributed by atoms with van der Waals surface area (Å²) in [5.41, 5.74) is 2.62. The van der Waals surface area contributed by atoms with Gasteiger partial charge in [0, 0.05) is 0 Å². The zero-order valence-electron chi connectivity index (χ0n) is 15.9. The van der Waals surface area contributed by atoms with Gasteiger partial charge in [-0.2, -0.15) is 0 Å². The number of rotatable bonds is 3. The molecular weight excluding hydrogens is 391 g/mol. The van der Waals surface area contributed by atoms with E-state index in [2.05, 4.69) is 92.5 Å². The van der Waals surface area contributed by atoms with Gasteiger partial charge in [-0.15, -0.1) is 0 Å². The van der Waals surface area contributed by atoms with Crippen molar-refractivity contribution in [2.24, 2.45) is 0 Å². The minimum atomic E-state index is -1.83. The van der Waals surface area contributed by atoms with Crippen LogP contribution in [0.1, 0.15) is 47.5 Å². The van der Waals surface area contributed by atoms with Gasteiger partial charge in [-0.3, -0.25) is 0 Å². The van der Waals surface area contributed by atoms with E-state index >= 15 is 0 Å². The van der Waals surface area contributed by atoms with Gasteiger partial charge in [0.05, 0.1) is 0 Å². The van der Waals surface area contributed by atoms with Crippen molar-refractivity contribution in [3.8, 4) is 0 Å². The Morgan fingerprint density at radius 1 is 1.17 bits per heavy atom. The van der Waals surface area contributed by atoms with Crippen LogP contribution < -0.4 is 24.8 Å². The number of allylic oxidation sites excluding steroid dienone is 6. The van der Waals surface area contributed by atoms with E-state index in [1.54, 1.807) is 5.20 Å². The first-order valence-electron chi connectivity index (χ1n) is 8.17. The van der Waals surface area contributed by atoms with Crippen LogP contribution >= 0.6 is 0 Å². The smallest absolute Gasteiger partial charge is 1.00 e. The molecule has 0 aromatic carbocycles. The number of ether oxygens (including phenoxy) is 1. The van der Waals surface area contributed by atoms with Crippen molar-refractivity contribution in [3.05, 3.63) is 44.5 Å². The second-order valence-electron chi connectivity index (χ2n) is 8.14. The summed E-state index contributed by atoms with van der Waals surface area (Å²) in [6, 6.07) is 0.